The van der Waals surface area contributed by atoms with Crippen LogP contribution in [0.3, 0.4) is 0 Å². The molecule has 10 heteroatoms. The molecule has 0 saturated carbocycles. The molecule has 0 aliphatic heterocycles. The number of hydrogen-bond donors (Lipinski definition) is 2. The molecule has 0 aromatic carbocycles. The molecule has 0 unspecified atom stereocenters. The summed E-state index contributed by atoms with van der Waals surface area (Å²) in [4.78, 5) is 12.4. The van der Waals surface area contributed by atoms with Crippen molar-refractivity contribution in [3.05, 3.63) is 45.5 Å². The molecular formula is C19H20Cl2N8. The zero-order valence-corrected chi connectivity index (χ0v) is 18.0. The van der Waals surface area contributed by atoms with E-state index in [2.05, 4.69) is 45.6 Å². The number of hydrogen-bond acceptors (Lipinski definition) is 5. The SMILES string of the molecule is Cc1nn(C)c2nc(CN/C(=N\C#N)Nc3cc(Cl)nc(Cl)c3)cc(C(C)C)c12. The number of rotatable bonds is 4. The second-order valence-corrected chi connectivity index (χ2v) is 7.58. The highest BCUT2D eigenvalue weighted by Gasteiger charge is 2.16. The molecule has 0 radical (unpaired) electrons. The lowest BCUT2D eigenvalue weighted by atomic mass is 9.99. The Bertz CT molecular complexity index is 1110. The number of aryl methyl sites for hydroxylation is 2. The Balaban J connectivity index is 1.86. The highest BCUT2D eigenvalue weighted by Crippen LogP contribution is 2.27. The molecule has 150 valence electrons. The van der Waals surface area contributed by atoms with Gasteiger partial charge in [0.2, 0.25) is 12.2 Å². The second-order valence-electron chi connectivity index (χ2n) is 6.81. The van der Waals surface area contributed by atoms with Crippen LogP contribution in [-0.2, 0) is 13.6 Å². The van der Waals surface area contributed by atoms with Crippen LogP contribution in [0.5, 0.6) is 0 Å². The summed E-state index contributed by atoms with van der Waals surface area (Å²) in [6, 6.07) is 5.22. The van der Waals surface area contributed by atoms with E-state index in [1.165, 1.54) is 5.56 Å². The summed E-state index contributed by atoms with van der Waals surface area (Å²) in [5.41, 5.74) is 4.33. The minimum Gasteiger partial charge on any atom is -0.350 e. The molecule has 0 amide bonds. The van der Waals surface area contributed by atoms with E-state index in [4.69, 9.17) is 33.4 Å². The van der Waals surface area contributed by atoms with Gasteiger partial charge >= 0.3 is 0 Å². The van der Waals surface area contributed by atoms with Gasteiger partial charge in [-0.25, -0.2) is 9.97 Å². The Morgan fingerprint density at radius 2 is 1.93 bits per heavy atom. The van der Waals surface area contributed by atoms with Crippen molar-refractivity contribution in [1.29, 1.82) is 5.26 Å². The predicted octanol–water partition coefficient (Wildman–Crippen LogP) is 4.14. The largest absolute Gasteiger partial charge is 0.350 e. The highest BCUT2D eigenvalue weighted by atomic mass is 35.5. The summed E-state index contributed by atoms with van der Waals surface area (Å²) in [6.07, 6.45) is 1.77. The number of nitriles is 1. The number of aliphatic imine (C=N–C) groups is 1. The first-order chi connectivity index (χ1) is 13.8. The van der Waals surface area contributed by atoms with Crippen molar-refractivity contribution in [1.82, 2.24) is 25.1 Å². The van der Waals surface area contributed by atoms with Crippen molar-refractivity contribution in [2.24, 2.45) is 12.0 Å². The van der Waals surface area contributed by atoms with E-state index < -0.39 is 0 Å². The van der Waals surface area contributed by atoms with E-state index >= 15 is 0 Å². The van der Waals surface area contributed by atoms with Crippen molar-refractivity contribution in [3.63, 3.8) is 0 Å². The maximum absolute atomic E-state index is 9.01. The van der Waals surface area contributed by atoms with Gasteiger partial charge in [0, 0.05) is 18.1 Å². The molecule has 0 aliphatic rings. The molecule has 3 aromatic heterocycles. The number of nitrogens with zero attached hydrogens (tertiary/aromatic N) is 6. The van der Waals surface area contributed by atoms with Crippen molar-refractivity contribution in [3.8, 4) is 6.19 Å². The van der Waals surface area contributed by atoms with Crippen molar-refractivity contribution >= 4 is 45.9 Å². The van der Waals surface area contributed by atoms with Crippen molar-refractivity contribution in [2.75, 3.05) is 5.32 Å². The Kier molecular flexibility index (Phi) is 6.20. The third-order valence-corrected chi connectivity index (χ3v) is 4.69. The summed E-state index contributed by atoms with van der Waals surface area (Å²) in [5.74, 6) is 0.564. The molecule has 0 atom stereocenters. The predicted molar refractivity (Wildman–Crippen MR) is 115 cm³/mol. The Morgan fingerprint density at radius 3 is 2.55 bits per heavy atom. The monoisotopic (exact) mass is 430 g/mol. The molecule has 0 bridgehead atoms. The molecule has 8 nitrogen and oxygen atoms in total. The van der Waals surface area contributed by atoms with Gasteiger partial charge in [-0.2, -0.15) is 10.4 Å². The van der Waals surface area contributed by atoms with E-state index in [9.17, 15) is 0 Å². The first-order valence-corrected chi connectivity index (χ1v) is 9.68. The maximum Gasteiger partial charge on any atom is 0.212 e. The number of nitrogens with one attached hydrogen (secondary N) is 2. The van der Waals surface area contributed by atoms with Gasteiger partial charge in [-0.15, -0.1) is 4.99 Å². The van der Waals surface area contributed by atoms with Gasteiger partial charge in [-0.1, -0.05) is 37.0 Å². The number of guanidine groups is 1. The molecular weight excluding hydrogens is 411 g/mol. The molecule has 3 aromatic rings. The van der Waals surface area contributed by atoms with Gasteiger partial charge in [0.15, 0.2) is 5.65 Å². The van der Waals surface area contributed by atoms with Crippen LogP contribution in [-0.4, -0.2) is 25.7 Å². The van der Waals surface area contributed by atoms with Crippen LogP contribution in [0.15, 0.2) is 23.2 Å². The van der Waals surface area contributed by atoms with Crippen LogP contribution in [0.25, 0.3) is 11.0 Å². The smallest absolute Gasteiger partial charge is 0.212 e. The van der Waals surface area contributed by atoms with E-state index in [1.807, 2.05) is 14.0 Å². The van der Waals surface area contributed by atoms with Gasteiger partial charge < -0.3 is 10.6 Å². The van der Waals surface area contributed by atoms with Crippen LogP contribution in [0.4, 0.5) is 5.69 Å². The maximum atomic E-state index is 9.01. The number of anilines is 1. The molecule has 0 fully saturated rings. The Hall–Kier alpha value is -2.89. The number of fused-ring (bicyclic) bond motifs is 1. The van der Waals surface area contributed by atoms with Crippen LogP contribution >= 0.6 is 23.2 Å². The molecule has 0 aliphatic carbocycles. The van der Waals surface area contributed by atoms with Gasteiger partial charge in [-0.3, -0.25) is 4.68 Å². The lowest BCUT2D eigenvalue weighted by Gasteiger charge is -2.14. The fourth-order valence-electron chi connectivity index (χ4n) is 3.09. The topological polar surface area (TPSA) is 104 Å². The fraction of sp³-hybridized carbons (Fsp3) is 0.316. The first kappa shape index (κ1) is 20.8. The van der Waals surface area contributed by atoms with Gasteiger partial charge in [0.25, 0.3) is 0 Å². The van der Waals surface area contributed by atoms with Gasteiger partial charge in [0.1, 0.15) is 10.3 Å². The molecule has 0 saturated heterocycles. The number of pyridine rings is 2. The minimum atomic E-state index is 0.233. The summed E-state index contributed by atoms with van der Waals surface area (Å²) in [6.45, 7) is 6.62. The third-order valence-electron chi connectivity index (χ3n) is 4.30. The van der Waals surface area contributed by atoms with E-state index in [1.54, 1.807) is 23.0 Å². The van der Waals surface area contributed by atoms with Crippen LogP contribution < -0.4 is 10.6 Å². The van der Waals surface area contributed by atoms with E-state index in [0.29, 0.717) is 18.2 Å². The Morgan fingerprint density at radius 1 is 1.24 bits per heavy atom. The molecule has 0 spiro atoms. The summed E-state index contributed by atoms with van der Waals surface area (Å²) in [7, 11) is 1.88. The van der Waals surface area contributed by atoms with Crippen LogP contribution in [0, 0.1) is 18.4 Å². The normalized spacial score (nSPS) is 11.7. The third kappa shape index (κ3) is 4.75. The standard InChI is InChI=1S/C19H20Cl2N8/c1-10(2)14-5-13(25-18-17(14)11(3)28-29(18)4)8-23-19(24-9-22)26-12-6-15(20)27-16(21)7-12/h5-7,10H,8H2,1-4H3,(H2,23,24,26,27). The van der Waals surface area contributed by atoms with E-state index in [0.717, 1.165) is 22.4 Å². The fourth-order valence-corrected chi connectivity index (χ4v) is 3.55. The summed E-state index contributed by atoms with van der Waals surface area (Å²) in [5, 5.41) is 21.1. The van der Waals surface area contributed by atoms with Crippen LogP contribution in [0.1, 0.15) is 36.7 Å². The molecule has 3 heterocycles. The lowest BCUT2D eigenvalue weighted by Crippen LogP contribution is -2.30. The summed E-state index contributed by atoms with van der Waals surface area (Å²) < 4.78 is 1.78. The Labute approximate surface area is 178 Å². The average molecular weight is 431 g/mol. The average Bonchev–Trinajstić information content (AvgIpc) is 2.92. The highest BCUT2D eigenvalue weighted by molar-refractivity contribution is 6.33. The molecule has 2 N–H and O–H groups in total. The lowest BCUT2D eigenvalue weighted by molar-refractivity contribution is 0.767. The van der Waals surface area contributed by atoms with Crippen LogP contribution in [0.2, 0.25) is 10.3 Å². The minimum absolute atomic E-state index is 0.233. The van der Waals surface area contributed by atoms with Gasteiger partial charge in [-0.05, 0) is 36.6 Å². The summed E-state index contributed by atoms with van der Waals surface area (Å²) >= 11 is 11.8. The van der Waals surface area contributed by atoms with E-state index in [-0.39, 0.29) is 16.3 Å². The zero-order valence-electron chi connectivity index (χ0n) is 16.5. The molecule has 29 heavy (non-hydrogen) atoms. The number of aromatic nitrogens is 4. The van der Waals surface area contributed by atoms with Crippen molar-refractivity contribution in [2.45, 2.75) is 33.2 Å². The van der Waals surface area contributed by atoms with Gasteiger partial charge in [0.05, 0.1) is 17.9 Å². The quantitative estimate of drug-likeness (QED) is 0.279. The van der Waals surface area contributed by atoms with Crippen molar-refractivity contribution < 1.29 is 0 Å². The first-order valence-electron chi connectivity index (χ1n) is 8.92. The molecule has 3 rings (SSSR count). The number of halogens is 2. The second kappa shape index (κ2) is 8.64. The zero-order chi connectivity index (χ0) is 21.1.